The van der Waals surface area contributed by atoms with E-state index in [1.54, 1.807) is 13.0 Å². The maximum atomic E-state index is 13.9. The molecule has 0 fully saturated rings. The lowest BCUT2D eigenvalue weighted by atomic mass is 10.1. The van der Waals surface area contributed by atoms with E-state index in [0.717, 1.165) is 0 Å². The predicted octanol–water partition coefficient (Wildman–Crippen LogP) is 1.01. The number of aromatic nitrogens is 3. The van der Waals surface area contributed by atoms with Crippen molar-refractivity contribution in [2.24, 2.45) is 0 Å². The summed E-state index contributed by atoms with van der Waals surface area (Å²) in [6.07, 6.45) is 2.67. The van der Waals surface area contributed by atoms with E-state index in [-0.39, 0.29) is 5.56 Å². The first-order chi connectivity index (χ1) is 10.5. The minimum Gasteiger partial charge on any atom is -0.467 e. The molecule has 1 aromatic carbocycles. The van der Waals surface area contributed by atoms with Crippen LogP contribution in [0.5, 0.6) is 0 Å². The minimum absolute atomic E-state index is 0.0356. The summed E-state index contributed by atoms with van der Waals surface area (Å²) in [6.45, 7) is 1.58. The highest BCUT2D eigenvalue weighted by atomic mass is 19.1. The first-order valence-corrected chi connectivity index (χ1v) is 6.51. The van der Waals surface area contributed by atoms with Crippen LogP contribution in [0.25, 0.3) is 0 Å². The molecule has 0 aliphatic heterocycles. The summed E-state index contributed by atoms with van der Waals surface area (Å²) in [7, 11) is 1.17. The van der Waals surface area contributed by atoms with Gasteiger partial charge in [0.2, 0.25) is 5.91 Å². The minimum atomic E-state index is -1.23. The van der Waals surface area contributed by atoms with Crippen LogP contribution < -0.4 is 5.32 Å². The second-order valence-electron chi connectivity index (χ2n) is 4.54. The van der Waals surface area contributed by atoms with Gasteiger partial charge in [-0.3, -0.25) is 4.79 Å². The first-order valence-electron chi connectivity index (χ1n) is 6.51. The maximum absolute atomic E-state index is 13.9. The lowest BCUT2D eigenvalue weighted by molar-refractivity contribution is -0.145. The molecule has 0 saturated carbocycles. The third-order valence-corrected chi connectivity index (χ3v) is 3.15. The van der Waals surface area contributed by atoms with Crippen molar-refractivity contribution >= 4 is 11.9 Å². The number of carbonyl (C=O) groups is 2. The van der Waals surface area contributed by atoms with Crippen molar-refractivity contribution in [2.45, 2.75) is 19.0 Å². The Labute approximate surface area is 126 Å². The van der Waals surface area contributed by atoms with Gasteiger partial charge in [0.1, 0.15) is 24.5 Å². The molecule has 1 N–H and O–H groups in total. The molecule has 1 amide bonds. The van der Waals surface area contributed by atoms with Crippen LogP contribution in [0.15, 0.2) is 36.9 Å². The van der Waals surface area contributed by atoms with Crippen LogP contribution >= 0.6 is 0 Å². The number of halogens is 1. The van der Waals surface area contributed by atoms with Gasteiger partial charge in [-0.1, -0.05) is 18.2 Å². The molecule has 2 aromatic rings. The average Bonchev–Trinajstić information content (AvgIpc) is 3.06. The summed E-state index contributed by atoms with van der Waals surface area (Å²) in [6, 6.07) is 3.75. The summed E-state index contributed by atoms with van der Waals surface area (Å²) in [5.41, 5.74) is 0.0356. The smallest absolute Gasteiger partial charge is 0.333 e. The van der Waals surface area contributed by atoms with E-state index in [9.17, 15) is 14.0 Å². The number of benzene rings is 1. The number of methoxy groups -OCH3 is 1. The van der Waals surface area contributed by atoms with Gasteiger partial charge in [-0.05, 0) is 13.0 Å². The highest BCUT2D eigenvalue weighted by Gasteiger charge is 2.28. The van der Waals surface area contributed by atoms with Gasteiger partial charge in [0.25, 0.3) is 0 Å². The Morgan fingerprint density at radius 1 is 1.36 bits per heavy atom. The molecular weight excluding hydrogens is 291 g/mol. The van der Waals surface area contributed by atoms with E-state index in [1.807, 2.05) is 0 Å². The third-order valence-electron chi connectivity index (χ3n) is 3.15. The molecule has 22 heavy (non-hydrogen) atoms. The summed E-state index contributed by atoms with van der Waals surface area (Å²) >= 11 is 0. The molecule has 0 bridgehead atoms. The summed E-state index contributed by atoms with van der Waals surface area (Å²) in [4.78, 5) is 27.8. The van der Waals surface area contributed by atoms with Crippen molar-refractivity contribution in [1.82, 2.24) is 20.1 Å². The van der Waals surface area contributed by atoms with Crippen LogP contribution in [0.2, 0.25) is 0 Å². The molecule has 2 atom stereocenters. The van der Waals surface area contributed by atoms with Crippen LogP contribution in [-0.4, -0.2) is 33.8 Å². The second kappa shape index (κ2) is 6.79. The number of hydrogen-bond acceptors (Lipinski definition) is 5. The van der Waals surface area contributed by atoms with Crippen molar-refractivity contribution < 1.29 is 18.7 Å². The van der Waals surface area contributed by atoms with Crippen molar-refractivity contribution in [3.05, 3.63) is 48.3 Å². The molecule has 0 spiro atoms. The zero-order valence-electron chi connectivity index (χ0n) is 12.1. The third kappa shape index (κ3) is 3.27. The average molecular weight is 306 g/mol. The Bertz CT molecular complexity index is 660. The van der Waals surface area contributed by atoms with Gasteiger partial charge in [-0.15, -0.1) is 0 Å². The number of carbonyl (C=O) groups excluding carboxylic acids is 2. The standard InChI is InChI=1S/C14H15FN4O3/c1-9(19-8-16-7-17-19)13(20)18-12(14(21)22-2)10-5-3-4-6-11(10)15/h3-9,12H,1-2H3,(H,18,20). The maximum Gasteiger partial charge on any atom is 0.333 e. The molecule has 0 aliphatic rings. The van der Waals surface area contributed by atoms with Crippen LogP contribution in [0.3, 0.4) is 0 Å². The highest BCUT2D eigenvalue weighted by molar-refractivity contribution is 5.87. The van der Waals surface area contributed by atoms with E-state index in [4.69, 9.17) is 0 Å². The largest absolute Gasteiger partial charge is 0.467 e. The van der Waals surface area contributed by atoms with Gasteiger partial charge in [-0.25, -0.2) is 18.9 Å². The fraction of sp³-hybridized carbons (Fsp3) is 0.286. The predicted molar refractivity (Wildman–Crippen MR) is 74.0 cm³/mol. The van der Waals surface area contributed by atoms with E-state index < -0.39 is 29.8 Å². The van der Waals surface area contributed by atoms with Crippen molar-refractivity contribution in [3.63, 3.8) is 0 Å². The summed E-state index contributed by atoms with van der Waals surface area (Å²) in [5.74, 6) is -1.87. The van der Waals surface area contributed by atoms with Gasteiger partial charge in [0.15, 0.2) is 6.04 Å². The molecule has 2 unspecified atom stereocenters. The molecule has 0 radical (unpaired) electrons. The van der Waals surface area contributed by atoms with Gasteiger partial charge in [-0.2, -0.15) is 5.10 Å². The zero-order chi connectivity index (χ0) is 16.1. The fourth-order valence-corrected chi connectivity index (χ4v) is 1.89. The molecule has 0 saturated heterocycles. The molecular formula is C14H15FN4O3. The van der Waals surface area contributed by atoms with Crippen LogP contribution in [-0.2, 0) is 14.3 Å². The van der Waals surface area contributed by atoms with Crippen LogP contribution in [0.1, 0.15) is 24.6 Å². The normalized spacial score (nSPS) is 13.2. The van der Waals surface area contributed by atoms with E-state index in [2.05, 4.69) is 20.1 Å². The fourth-order valence-electron chi connectivity index (χ4n) is 1.89. The first kappa shape index (κ1) is 15.6. The van der Waals surface area contributed by atoms with Crippen LogP contribution in [0.4, 0.5) is 4.39 Å². The molecule has 8 heteroatoms. The number of ether oxygens (including phenoxy) is 1. The summed E-state index contributed by atoms with van der Waals surface area (Å²) in [5, 5.41) is 6.33. The molecule has 1 heterocycles. The van der Waals surface area contributed by atoms with E-state index >= 15 is 0 Å². The topological polar surface area (TPSA) is 86.1 Å². The lowest BCUT2D eigenvalue weighted by Gasteiger charge is -2.20. The Balaban J connectivity index is 2.22. The second-order valence-corrected chi connectivity index (χ2v) is 4.54. The van der Waals surface area contributed by atoms with Crippen molar-refractivity contribution in [2.75, 3.05) is 7.11 Å². The van der Waals surface area contributed by atoms with Gasteiger partial charge >= 0.3 is 5.97 Å². The van der Waals surface area contributed by atoms with Crippen molar-refractivity contribution in [3.8, 4) is 0 Å². The number of esters is 1. The number of amides is 1. The monoisotopic (exact) mass is 306 g/mol. The Hall–Kier alpha value is -2.77. The lowest BCUT2D eigenvalue weighted by Crippen LogP contribution is -2.38. The van der Waals surface area contributed by atoms with Crippen molar-refractivity contribution in [1.29, 1.82) is 0 Å². The van der Waals surface area contributed by atoms with E-state index in [0.29, 0.717) is 0 Å². The Morgan fingerprint density at radius 3 is 2.68 bits per heavy atom. The quantitative estimate of drug-likeness (QED) is 0.833. The zero-order valence-corrected chi connectivity index (χ0v) is 12.1. The van der Waals surface area contributed by atoms with E-state index in [1.165, 1.54) is 42.6 Å². The van der Waals surface area contributed by atoms with Crippen LogP contribution in [0, 0.1) is 5.82 Å². The van der Waals surface area contributed by atoms with Gasteiger partial charge < -0.3 is 10.1 Å². The van der Waals surface area contributed by atoms with Gasteiger partial charge in [0.05, 0.1) is 7.11 Å². The SMILES string of the molecule is COC(=O)C(NC(=O)C(C)n1cncn1)c1ccccc1F. The number of nitrogens with one attached hydrogen (secondary N) is 1. The molecule has 1 aromatic heterocycles. The number of rotatable bonds is 5. The number of nitrogens with zero attached hydrogens (tertiary/aromatic N) is 3. The molecule has 2 rings (SSSR count). The Kier molecular flexibility index (Phi) is 4.82. The molecule has 116 valence electrons. The molecule has 0 aliphatic carbocycles. The molecule has 7 nitrogen and oxygen atoms in total. The number of hydrogen-bond donors (Lipinski definition) is 1. The highest BCUT2D eigenvalue weighted by Crippen LogP contribution is 2.19. The summed E-state index contributed by atoms with van der Waals surface area (Å²) < 4.78 is 19.8. The Morgan fingerprint density at radius 2 is 2.09 bits per heavy atom. The van der Waals surface area contributed by atoms with Gasteiger partial charge in [0, 0.05) is 5.56 Å².